The van der Waals surface area contributed by atoms with E-state index in [-0.39, 0.29) is 11.9 Å². The van der Waals surface area contributed by atoms with Gasteiger partial charge in [-0.2, -0.15) is 10.4 Å². The van der Waals surface area contributed by atoms with Crippen LogP contribution in [0.5, 0.6) is 0 Å². The molecule has 0 radical (unpaired) electrons. The zero-order chi connectivity index (χ0) is 22.0. The molecule has 0 bridgehead atoms. The molecule has 31 heavy (non-hydrogen) atoms. The van der Waals surface area contributed by atoms with Crippen LogP contribution in [-0.4, -0.2) is 52.0 Å². The first-order chi connectivity index (χ1) is 14.9. The molecule has 2 aliphatic rings. The second kappa shape index (κ2) is 8.93. The molecule has 1 saturated heterocycles. The molecule has 7 nitrogen and oxygen atoms in total. The smallest absolute Gasteiger partial charge is 0.270 e. The van der Waals surface area contributed by atoms with E-state index >= 15 is 0 Å². The number of benzene rings is 1. The lowest BCUT2D eigenvalue weighted by atomic mass is 9.83. The molecule has 1 amide bonds. The molecule has 4 rings (SSSR count). The average molecular weight is 419 g/mol. The second-order valence-corrected chi connectivity index (χ2v) is 9.06. The fraction of sp³-hybridized carbons (Fsp3) is 0.500. The minimum Gasteiger partial charge on any atom is -0.346 e. The Morgan fingerprint density at radius 2 is 2.16 bits per heavy atom. The Bertz CT molecular complexity index is 1030. The van der Waals surface area contributed by atoms with E-state index in [1.165, 1.54) is 5.56 Å². The second-order valence-electron chi connectivity index (χ2n) is 9.06. The summed E-state index contributed by atoms with van der Waals surface area (Å²) in [7, 11) is 1.92. The molecular weight excluding hydrogens is 388 g/mol. The number of carbonyl (C=O) groups is 1. The normalized spacial score (nSPS) is 20.7. The van der Waals surface area contributed by atoms with E-state index in [4.69, 9.17) is 10.3 Å². The Balaban J connectivity index is 1.66. The van der Waals surface area contributed by atoms with Crippen molar-refractivity contribution in [3.05, 3.63) is 41.7 Å². The topological polar surface area (TPSA) is 86.3 Å². The Morgan fingerprint density at radius 1 is 1.32 bits per heavy atom. The minimum atomic E-state index is -0.134. The van der Waals surface area contributed by atoms with Crippen LogP contribution in [0.25, 0.3) is 11.1 Å². The van der Waals surface area contributed by atoms with Crippen LogP contribution in [0.3, 0.4) is 0 Å². The molecule has 1 aromatic carbocycles. The van der Waals surface area contributed by atoms with Crippen molar-refractivity contribution < 1.29 is 4.79 Å². The molecule has 0 spiro atoms. The molecular formula is C24H30N6O. The van der Waals surface area contributed by atoms with Gasteiger partial charge in [0.2, 0.25) is 0 Å². The molecule has 7 heteroatoms. The standard InChI is InChI=1S/C24H30N6O/c1-16(2)10-18-6-8-26-23(24(31)28-20-7-9-30(14-20)15-25)21-5-4-17(11-22(18)21)19-12-27-29(3)13-19/h4-5,11-13,16,18,20H,6-10,14H2,1-3H3,(H,28,31)/t18?,20-/m1/s1. The Kier molecular flexibility index (Phi) is 6.08. The number of aryl methyl sites for hydroxylation is 1. The van der Waals surface area contributed by atoms with Crippen molar-refractivity contribution in [1.82, 2.24) is 20.0 Å². The number of carbonyl (C=O) groups excluding carboxylic acids is 1. The van der Waals surface area contributed by atoms with E-state index < -0.39 is 0 Å². The molecule has 2 aliphatic heterocycles. The molecule has 0 saturated carbocycles. The summed E-state index contributed by atoms with van der Waals surface area (Å²) in [5, 5.41) is 16.5. The van der Waals surface area contributed by atoms with E-state index in [1.54, 1.807) is 9.58 Å². The van der Waals surface area contributed by atoms with Crippen LogP contribution in [-0.2, 0) is 11.8 Å². The summed E-state index contributed by atoms with van der Waals surface area (Å²) in [6, 6.07) is 6.32. The number of nitriles is 1. The van der Waals surface area contributed by atoms with E-state index in [2.05, 4.69) is 42.6 Å². The fourth-order valence-corrected chi connectivity index (χ4v) is 4.67. The molecule has 1 unspecified atom stereocenters. The van der Waals surface area contributed by atoms with Gasteiger partial charge in [0.05, 0.1) is 6.20 Å². The van der Waals surface area contributed by atoms with Gasteiger partial charge < -0.3 is 10.2 Å². The first kappa shape index (κ1) is 21.1. The summed E-state index contributed by atoms with van der Waals surface area (Å²) >= 11 is 0. The van der Waals surface area contributed by atoms with Crippen molar-refractivity contribution in [2.75, 3.05) is 19.6 Å². The van der Waals surface area contributed by atoms with Gasteiger partial charge in [-0.15, -0.1) is 0 Å². The van der Waals surface area contributed by atoms with Crippen molar-refractivity contribution in [2.45, 2.75) is 45.1 Å². The Hall–Kier alpha value is -3.14. The summed E-state index contributed by atoms with van der Waals surface area (Å²) in [5.74, 6) is 0.789. The van der Waals surface area contributed by atoms with Crippen molar-refractivity contribution in [3.63, 3.8) is 0 Å². The zero-order valence-corrected chi connectivity index (χ0v) is 18.5. The van der Waals surface area contributed by atoms with Crippen molar-refractivity contribution in [3.8, 4) is 17.3 Å². The molecule has 2 atom stereocenters. The van der Waals surface area contributed by atoms with Gasteiger partial charge in [-0.3, -0.25) is 14.5 Å². The molecule has 3 heterocycles. The number of nitrogens with one attached hydrogen (secondary N) is 1. The van der Waals surface area contributed by atoms with Crippen molar-refractivity contribution in [1.29, 1.82) is 5.26 Å². The molecule has 1 fully saturated rings. The Morgan fingerprint density at radius 3 is 2.84 bits per heavy atom. The van der Waals surface area contributed by atoms with Crippen LogP contribution in [0.2, 0.25) is 0 Å². The van der Waals surface area contributed by atoms with E-state index in [1.807, 2.05) is 25.5 Å². The highest BCUT2D eigenvalue weighted by Crippen LogP contribution is 2.35. The third kappa shape index (κ3) is 4.63. The first-order valence-electron chi connectivity index (χ1n) is 11.1. The highest BCUT2D eigenvalue weighted by molar-refractivity contribution is 6.45. The van der Waals surface area contributed by atoms with Gasteiger partial charge >= 0.3 is 0 Å². The minimum absolute atomic E-state index is 0.0114. The number of likely N-dealkylation sites (tertiary alicyclic amines) is 1. The molecule has 1 aromatic heterocycles. The number of aliphatic imine (C=N–C) groups is 1. The number of hydrogen-bond acceptors (Lipinski definition) is 5. The van der Waals surface area contributed by atoms with Gasteiger partial charge in [0, 0.05) is 50.0 Å². The van der Waals surface area contributed by atoms with Crippen molar-refractivity contribution >= 4 is 11.6 Å². The van der Waals surface area contributed by atoms with Crippen LogP contribution in [0.4, 0.5) is 0 Å². The summed E-state index contributed by atoms with van der Waals surface area (Å²) in [6.07, 6.45) is 8.84. The molecule has 0 aliphatic carbocycles. The molecule has 1 N–H and O–H groups in total. The summed E-state index contributed by atoms with van der Waals surface area (Å²) in [5.41, 5.74) is 4.84. The van der Waals surface area contributed by atoms with Gasteiger partial charge in [-0.25, -0.2) is 0 Å². The van der Waals surface area contributed by atoms with Gasteiger partial charge in [-0.05, 0) is 42.2 Å². The SMILES string of the molecule is CC(C)CC1CCN=C(C(=O)N[C@@H]2CCN(C#N)C2)c2ccc(-c3cnn(C)c3)cc21. The van der Waals surface area contributed by atoms with Crippen LogP contribution >= 0.6 is 0 Å². The number of nitrogens with zero attached hydrogens (tertiary/aromatic N) is 5. The molecule has 162 valence electrons. The number of rotatable bonds is 5. The van der Waals surface area contributed by atoms with Crippen LogP contribution in [0.1, 0.15) is 50.2 Å². The molecule has 2 aromatic rings. The van der Waals surface area contributed by atoms with Gasteiger partial charge in [0.25, 0.3) is 5.91 Å². The third-order valence-corrected chi connectivity index (χ3v) is 6.17. The summed E-state index contributed by atoms with van der Waals surface area (Å²) in [6.45, 7) is 6.38. The Labute approximate surface area is 183 Å². The van der Waals surface area contributed by atoms with Gasteiger partial charge in [0.15, 0.2) is 6.19 Å². The van der Waals surface area contributed by atoms with Crippen LogP contribution < -0.4 is 5.32 Å². The van der Waals surface area contributed by atoms with Crippen LogP contribution in [0.15, 0.2) is 35.6 Å². The monoisotopic (exact) mass is 418 g/mol. The number of hydrogen-bond donors (Lipinski definition) is 1. The van der Waals surface area contributed by atoms with Crippen LogP contribution in [0, 0.1) is 17.4 Å². The van der Waals surface area contributed by atoms with E-state index in [0.29, 0.717) is 37.2 Å². The van der Waals surface area contributed by atoms with Gasteiger partial charge in [-0.1, -0.05) is 32.0 Å². The number of amides is 1. The number of aromatic nitrogens is 2. The van der Waals surface area contributed by atoms with Crippen molar-refractivity contribution in [2.24, 2.45) is 18.0 Å². The highest BCUT2D eigenvalue weighted by atomic mass is 16.2. The third-order valence-electron chi connectivity index (χ3n) is 6.17. The van der Waals surface area contributed by atoms with Gasteiger partial charge in [0.1, 0.15) is 5.71 Å². The average Bonchev–Trinajstić information content (AvgIpc) is 3.34. The zero-order valence-electron chi connectivity index (χ0n) is 18.5. The maximum absolute atomic E-state index is 13.2. The maximum Gasteiger partial charge on any atom is 0.270 e. The predicted octanol–water partition coefficient (Wildman–Crippen LogP) is 3.08. The largest absolute Gasteiger partial charge is 0.346 e. The summed E-state index contributed by atoms with van der Waals surface area (Å²) < 4.78 is 1.80. The lowest BCUT2D eigenvalue weighted by molar-refractivity contribution is -0.115. The fourth-order valence-electron chi connectivity index (χ4n) is 4.67. The predicted molar refractivity (Wildman–Crippen MR) is 121 cm³/mol. The lowest BCUT2D eigenvalue weighted by Crippen LogP contribution is -2.41. The first-order valence-corrected chi connectivity index (χ1v) is 11.1. The maximum atomic E-state index is 13.2. The number of fused-ring (bicyclic) bond motifs is 1. The quantitative estimate of drug-likeness (QED) is 0.756. The highest BCUT2D eigenvalue weighted by Gasteiger charge is 2.29. The summed E-state index contributed by atoms with van der Waals surface area (Å²) in [4.78, 5) is 19.6. The van der Waals surface area contributed by atoms with E-state index in [9.17, 15) is 4.79 Å². The van der Waals surface area contributed by atoms with E-state index in [0.717, 1.165) is 36.0 Å². The lowest BCUT2D eigenvalue weighted by Gasteiger charge is -2.21.